The number of ether oxygens (including phenoxy) is 1. The van der Waals surface area contributed by atoms with E-state index in [0.717, 1.165) is 17.1 Å². The summed E-state index contributed by atoms with van der Waals surface area (Å²) < 4.78 is 31.5. The van der Waals surface area contributed by atoms with E-state index in [9.17, 15) is 18.0 Å². The summed E-state index contributed by atoms with van der Waals surface area (Å²) in [6.45, 7) is 0.229. The number of carbonyl (C=O) groups is 2. The van der Waals surface area contributed by atoms with Gasteiger partial charge in [0.2, 0.25) is 5.91 Å². The Kier molecular flexibility index (Phi) is 7.06. The first-order valence-electron chi connectivity index (χ1n) is 6.92. The van der Waals surface area contributed by atoms with Crippen molar-refractivity contribution in [3.05, 3.63) is 0 Å². The fraction of sp³-hybridized carbons (Fsp3) is 0.833. The summed E-state index contributed by atoms with van der Waals surface area (Å²) in [4.78, 5) is 22.4. The second-order valence-corrected chi connectivity index (χ2v) is 6.85. The molecule has 0 aromatic heterocycles. The molecule has 1 amide bonds. The molecule has 0 heterocycles. The Morgan fingerprint density at radius 3 is 2.52 bits per heavy atom. The lowest BCUT2D eigenvalue weighted by Gasteiger charge is -2.17. The minimum atomic E-state index is -3.63. The number of nitrogens with one attached hydrogen (secondary N) is 2. The van der Waals surface area contributed by atoms with Gasteiger partial charge in [-0.3, -0.25) is 9.59 Å². The van der Waals surface area contributed by atoms with Crippen molar-refractivity contribution in [2.45, 2.75) is 38.1 Å². The fourth-order valence-corrected chi connectivity index (χ4v) is 2.51. The highest BCUT2D eigenvalue weighted by atomic mass is 32.2. The number of methoxy groups -OCH3 is 1. The summed E-state index contributed by atoms with van der Waals surface area (Å²) in [6.07, 6.45) is 2.79. The molecule has 0 aromatic rings. The Bertz CT molecular complexity index is 462. The third-order valence-electron chi connectivity index (χ3n) is 3.08. The number of nitrogens with zero attached hydrogens (tertiary/aromatic N) is 1. The molecule has 1 aliphatic carbocycles. The molecule has 21 heavy (non-hydrogen) atoms. The van der Waals surface area contributed by atoms with Crippen molar-refractivity contribution in [3.8, 4) is 0 Å². The number of hydrogen-bond acceptors (Lipinski definition) is 5. The number of rotatable bonds is 10. The van der Waals surface area contributed by atoms with Crippen LogP contribution in [-0.2, 0) is 24.5 Å². The maximum atomic E-state index is 11.8. The van der Waals surface area contributed by atoms with Gasteiger partial charge >= 0.3 is 5.97 Å². The summed E-state index contributed by atoms with van der Waals surface area (Å²) in [6, 6.07) is 0.318. The SMILES string of the molecule is COC(=O)CCN(C)S(=O)(=O)NCCCC(=O)NC1CC1. The van der Waals surface area contributed by atoms with E-state index in [1.165, 1.54) is 14.2 Å². The predicted octanol–water partition coefficient (Wildman–Crippen LogP) is -0.625. The zero-order valence-corrected chi connectivity index (χ0v) is 13.2. The van der Waals surface area contributed by atoms with Gasteiger partial charge in [0.15, 0.2) is 0 Å². The van der Waals surface area contributed by atoms with Gasteiger partial charge in [-0.05, 0) is 19.3 Å². The first kappa shape index (κ1) is 17.9. The van der Waals surface area contributed by atoms with Crippen molar-refractivity contribution in [3.63, 3.8) is 0 Å². The van der Waals surface area contributed by atoms with E-state index in [1.807, 2.05) is 0 Å². The van der Waals surface area contributed by atoms with Crippen molar-refractivity contribution in [2.24, 2.45) is 0 Å². The van der Waals surface area contributed by atoms with Crippen LogP contribution in [-0.4, -0.2) is 57.9 Å². The topological polar surface area (TPSA) is 105 Å². The minimum Gasteiger partial charge on any atom is -0.469 e. The van der Waals surface area contributed by atoms with Gasteiger partial charge < -0.3 is 10.1 Å². The van der Waals surface area contributed by atoms with Crippen LogP contribution in [0.2, 0.25) is 0 Å². The molecule has 2 N–H and O–H groups in total. The molecule has 122 valence electrons. The summed E-state index contributed by atoms with van der Waals surface area (Å²) in [7, 11) is -0.997. The van der Waals surface area contributed by atoms with Gasteiger partial charge in [0.25, 0.3) is 10.2 Å². The van der Waals surface area contributed by atoms with Gasteiger partial charge in [0.1, 0.15) is 0 Å². The highest BCUT2D eigenvalue weighted by molar-refractivity contribution is 7.87. The molecule has 0 bridgehead atoms. The minimum absolute atomic E-state index is 0.00228. The normalized spacial score (nSPS) is 15.0. The van der Waals surface area contributed by atoms with E-state index < -0.39 is 16.2 Å². The molecular weight excluding hydrogens is 298 g/mol. The fourth-order valence-electron chi connectivity index (χ4n) is 1.56. The van der Waals surface area contributed by atoms with E-state index >= 15 is 0 Å². The Morgan fingerprint density at radius 2 is 1.95 bits per heavy atom. The molecule has 0 unspecified atom stereocenters. The first-order valence-corrected chi connectivity index (χ1v) is 8.36. The number of carbonyl (C=O) groups excluding carboxylic acids is 2. The lowest BCUT2D eigenvalue weighted by molar-refractivity contribution is -0.140. The maximum absolute atomic E-state index is 11.8. The molecule has 1 fully saturated rings. The van der Waals surface area contributed by atoms with Gasteiger partial charge in [-0.15, -0.1) is 0 Å². The van der Waals surface area contributed by atoms with Crippen LogP contribution in [0.5, 0.6) is 0 Å². The molecule has 1 aliphatic rings. The molecule has 0 spiro atoms. The van der Waals surface area contributed by atoms with Crippen molar-refractivity contribution in [1.29, 1.82) is 0 Å². The van der Waals surface area contributed by atoms with E-state index in [0.29, 0.717) is 18.9 Å². The van der Waals surface area contributed by atoms with Crippen LogP contribution >= 0.6 is 0 Å². The number of esters is 1. The van der Waals surface area contributed by atoms with E-state index in [-0.39, 0.29) is 25.4 Å². The lowest BCUT2D eigenvalue weighted by atomic mass is 10.3. The molecule has 1 rings (SSSR count). The van der Waals surface area contributed by atoms with E-state index in [4.69, 9.17) is 0 Å². The average Bonchev–Trinajstić information content (AvgIpc) is 3.24. The molecule has 8 nitrogen and oxygen atoms in total. The molecule has 0 atom stereocenters. The highest BCUT2D eigenvalue weighted by Gasteiger charge is 2.23. The molecule has 0 aliphatic heterocycles. The van der Waals surface area contributed by atoms with Crippen LogP contribution in [0, 0.1) is 0 Å². The third kappa shape index (κ3) is 7.39. The van der Waals surface area contributed by atoms with Crippen LogP contribution in [0.3, 0.4) is 0 Å². The zero-order chi connectivity index (χ0) is 15.9. The molecule has 0 radical (unpaired) electrons. The summed E-state index contributed by atoms with van der Waals surface area (Å²) in [5, 5.41) is 2.84. The highest BCUT2D eigenvalue weighted by Crippen LogP contribution is 2.18. The van der Waals surface area contributed by atoms with Gasteiger partial charge in [-0.25, -0.2) is 4.72 Å². The van der Waals surface area contributed by atoms with Gasteiger partial charge in [0.05, 0.1) is 13.5 Å². The van der Waals surface area contributed by atoms with Crippen LogP contribution in [0.15, 0.2) is 0 Å². The molecular formula is C12H23N3O5S. The Balaban J connectivity index is 2.18. The molecule has 1 saturated carbocycles. The summed E-state index contributed by atoms with van der Waals surface area (Å²) in [5.41, 5.74) is 0. The van der Waals surface area contributed by atoms with Gasteiger partial charge in [0, 0.05) is 32.6 Å². The van der Waals surface area contributed by atoms with E-state index in [2.05, 4.69) is 14.8 Å². The average molecular weight is 321 g/mol. The second-order valence-electron chi connectivity index (χ2n) is 4.99. The lowest BCUT2D eigenvalue weighted by Crippen LogP contribution is -2.40. The van der Waals surface area contributed by atoms with Gasteiger partial charge in [-0.2, -0.15) is 12.7 Å². The largest absolute Gasteiger partial charge is 0.469 e. The van der Waals surface area contributed by atoms with Crippen LogP contribution in [0.25, 0.3) is 0 Å². The number of amides is 1. The standard InChI is InChI=1S/C12H23N3O5S/c1-15(9-7-12(17)20-2)21(18,19)13-8-3-4-11(16)14-10-5-6-10/h10,13H,3-9H2,1-2H3,(H,14,16). The number of hydrogen-bond donors (Lipinski definition) is 2. The first-order chi connectivity index (χ1) is 9.85. The van der Waals surface area contributed by atoms with Crippen molar-refractivity contribution in [2.75, 3.05) is 27.2 Å². The Morgan fingerprint density at radius 1 is 1.29 bits per heavy atom. The Hall–Kier alpha value is -1.19. The maximum Gasteiger partial charge on any atom is 0.306 e. The Labute approximate surface area is 125 Å². The van der Waals surface area contributed by atoms with Crippen LogP contribution < -0.4 is 10.0 Å². The van der Waals surface area contributed by atoms with Crippen molar-refractivity contribution >= 4 is 22.1 Å². The van der Waals surface area contributed by atoms with Crippen LogP contribution in [0.4, 0.5) is 0 Å². The van der Waals surface area contributed by atoms with Crippen molar-refractivity contribution in [1.82, 2.24) is 14.3 Å². The van der Waals surface area contributed by atoms with Gasteiger partial charge in [-0.1, -0.05) is 0 Å². The van der Waals surface area contributed by atoms with E-state index in [1.54, 1.807) is 0 Å². The van der Waals surface area contributed by atoms with Crippen LogP contribution in [0.1, 0.15) is 32.1 Å². The van der Waals surface area contributed by atoms with Crippen molar-refractivity contribution < 1.29 is 22.7 Å². The molecule has 9 heteroatoms. The predicted molar refractivity (Wildman–Crippen MR) is 76.6 cm³/mol. The zero-order valence-electron chi connectivity index (χ0n) is 12.4. The molecule has 0 aromatic carbocycles. The monoisotopic (exact) mass is 321 g/mol. The quantitative estimate of drug-likeness (QED) is 0.412. The smallest absolute Gasteiger partial charge is 0.306 e. The second kappa shape index (κ2) is 8.30. The summed E-state index contributed by atoms with van der Waals surface area (Å²) >= 11 is 0. The third-order valence-corrected chi connectivity index (χ3v) is 4.65. The molecule has 0 saturated heterocycles. The summed E-state index contributed by atoms with van der Waals surface area (Å²) in [5.74, 6) is -0.510.